The molecule has 0 aliphatic rings. The number of hydrogen-bond acceptors (Lipinski definition) is 3. The number of carbonyl (C=O) groups excluding carboxylic acids is 1. The Morgan fingerprint density at radius 3 is 2.54 bits per heavy atom. The van der Waals surface area contributed by atoms with Gasteiger partial charge < -0.3 is 5.32 Å². The van der Waals surface area contributed by atoms with Gasteiger partial charge in [0.2, 0.25) is 0 Å². The number of allylic oxidation sites excluding steroid dienone is 1. The first-order valence-electron chi connectivity index (χ1n) is 3.90. The van der Waals surface area contributed by atoms with Gasteiger partial charge in [0.15, 0.2) is 0 Å². The van der Waals surface area contributed by atoms with E-state index in [1.54, 1.807) is 13.1 Å². The fraction of sp³-hybridized carbons (Fsp3) is 0.444. The molecule has 1 N–H and O–H groups in total. The molecule has 0 bridgehead atoms. The average Bonchev–Trinajstić information content (AvgIpc) is 2.14. The van der Waals surface area contributed by atoms with Gasteiger partial charge in [0.25, 0.3) is 5.91 Å². The van der Waals surface area contributed by atoms with Crippen LogP contribution in [0.4, 0.5) is 0 Å². The third-order valence-corrected chi connectivity index (χ3v) is 1.62. The van der Waals surface area contributed by atoms with Crippen LogP contribution in [0, 0.1) is 0 Å². The monoisotopic (exact) mass is 184 g/mol. The minimum Gasteiger partial charge on any atom is -0.392 e. The maximum Gasteiger partial charge on any atom is 0.276 e. The van der Waals surface area contributed by atoms with Gasteiger partial charge in [-0.05, 0) is 13.0 Å². The number of amides is 1. The van der Waals surface area contributed by atoms with E-state index in [4.69, 9.17) is 4.84 Å². The van der Waals surface area contributed by atoms with E-state index in [-0.39, 0.29) is 5.91 Å². The summed E-state index contributed by atoms with van der Waals surface area (Å²) in [6.07, 6.45) is 1.66. The molecule has 1 amide bonds. The summed E-state index contributed by atoms with van der Waals surface area (Å²) in [6.45, 7) is 5.48. The van der Waals surface area contributed by atoms with Crippen molar-refractivity contribution in [2.45, 2.75) is 6.92 Å². The van der Waals surface area contributed by atoms with Crippen LogP contribution in [-0.2, 0) is 9.63 Å². The Morgan fingerprint density at radius 1 is 1.62 bits per heavy atom. The van der Waals surface area contributed by atoms with E-state index >= 15 is 0 Å². The molecule has 0 saturated heterocycles. The highest BCUT2D eigenvalue weighted by Crippen LogP contribution is 2.01. The highest BCUT2D eigenvalue weighted by Gasteiger charge is 2.09. The first-order valence-corrected chi connectivity index (χ1v) is 3.90. The topological polar surface area (TPSA) is 41.6 Å². The zero-order valence-corrected chi connectivity index (χ0v) is 8.55. The molecule has 0 unspecified atom stereocenters. The molecule has 0 aliphatic heterocycles. The normalized spacial score (nSPS) is 10.9. The lowest BCUT2D eigenvalue weighted by atomic mass is 10.2. The van der Waals surface area contributed by atoms with Crippen LogP contribution in [0.2, 0.25) is 0 Å². The van der Waals surface area contributed by atoms with E-state index in [9.17, 15) is 4.79 Å². The number of hydrogen-bond donors (Lipinski definition) is 1. The highest BCUT2D eigenvalue weighted by molar-refractivity contribution is 5.94. The summed E-state index contributed by atoms with van der Waals surface area (Å²) in [5.41, 5.74) is 1.26. The number of rotatable bonds is 4. The standard InChI is InChI=1S/C9H16N2O2/c1-7(6-8(2)10-3)9(12)11(4)13-5/h6,10H,1H2,2-5H3/b8-6-. The van der Waals surface area contributed by atoms with Crippen LogP contribution >= 0.6 is 0 Å². The van der Waals surface area contributed by atoms with Gasteiger partial charge in [-0.25, -0.2) is 5.06 Å². The van der Waals surface area contributed by atoms with Gasteiger partial charge in [0.1, 0.15) is 0 Å². The predicted molar refractivity (Wildman–Crippen MR) is 51.7 cm³/mol. The zero-order valence-electron chi connectivity index (χ0n) is 8.55. The Bertz CT molecular complexity index is 234. The van der Waals surface area contributed by atoms with Crippen molar-refractivity contribution in [1.82, 2.24) is 10.4 Å². The van der Waals surface area contributed by atoms with Gasteiger partial charge in [-0.1, -0.05) is 6.58 Å². The maximum atomic E-state index is 11.4. The first-order chi connectivity index (χ1) is 6.02. The molecule has 0 heterocycles. The molecule has 0 aromatic heterocycles. The van der Waals surface area contributed by atoms with E-state index in [1.165, 1.54) is 14.2 Å². The van der Waals surface area contributed by atoms with Crippen LogP contribution < -0.4 is 5.32 Å². The fourth-order valence-corrected chi connectivity index (χ4v) is 0.680. The van der Waals surface area contributed by atoms with Gasteiger partial charge in [0, 0.05) is 25.4 Å². The SMILES string of the molecule is C=C(/C=C(/C)NC)C(=O)N(C)OC. The lowest BCUT2D eigenvalue weighted by molar-refractivity contribution is -0.163. The average molecular weight is 184 g/mol. The number of likely N-dealkylation sites (N-methyl/N-ethyl adjacent to an activating group) is 1. The summed E-state index contributed by atoms with van der Waals surface area (Å²) >= 11 is 0. The minimum atomic E-state index is -0.253. The molecule has 0 spiro atoms. The van der Waals surface area contributed by atoms with Gasteiger partial charge in [-0.2, -0.15) is 0 Å². The molecule has 0 atom stereocenters. The largest absolute Gasteiger partial charge is 0.392 e. The summed E-state index contributed by atoms with van der Waals surface area (Å²) in [7, 11) is 4.75. The van der Waals surface area contributed by atoms with Gasteiger partial charge in [-0.3, -0.25) is 9.63 Å². The van der Waals surface area contributed by atoms with Crippen molar-refractivity contribution >= 4 is 5.91 Å². The molecular formula is C9H16N2O2. The molecule has 0 aliphatic carbocycles. The quantitative estimate of drug-likeness (QED) is 0.397. The summed E-state index contributed by atoms with van der Waals surface area (Å²) in [5.74, 6) is -0.253. The highest BCUT2D eigenvalue weighted by atomic mass is 16.7. The van der Waals surface area contributed by atoms with E-state index in [1.807, 2.05) is 6.92 Å². The van der Waals surface area contributed by atoms with Crippen molar-refractivity contribution < 1.29 is 9.63 Å². The van der Waals surface area contributed by atoms with Crippen LogP contribution in [0.25, 0.3) is 0 Å². The smallest absolute Gasteiger partial charge is 0.276 e. The third kappa shape index (κ3) is 3.75. The summed E-state index contributed by atoms with van der Waals surface area (Å²) in [4.78, 5) is 16.1. The first kappa shape index (κ1) is 11.7. The van der Waals surface area contributed by atoms with Gasteiger partial charge >= 0.3 is 0 Å². The molecule has 0 aromatic carbocycles. The Morgan fingerprint density at radius 2 is 2.15 bits per heavy atom. The van der Waals surface area contributed by atoms with Crippen LogP contribution in [0.15, 0.2) is 23.9 Å². The number of nitrogens with one attached hydrogen (secondary N) is 1. The van der Waals surface area contributed by atoms with Crippen molar-refractivity contribution in [2.75, 3.05) is 21.2 Å². The molecule has 0 fully saturated rings. The van der Waals surface area contributed by atoms with Crippen molar-refractivity contribution in [2.24, 2.45) is 0 Å². The van der Waals surface area contributed by atoms with Crippen LogP contribution in [0.1, 0.15) is 6.92 Å². The number of nitrogens with zero attached hydrogens (tertiary/aromatic N) is 1. The van der Waals surface area contributed by atoms with E-state index < -0.39 is 0 Å². The zero-order chi connectivity index (χ0) is 10.4. The Balaban J connectivity index is 4.36. The summed E-state index contributed by atoms with van der Waals surface area (Å²) in [6, 6.07) is 0. The van der Waals surface area contributed by atoms with Gasteiger partial charge in [0.05, 0.1) is 7.11 Å². The Labute approximate surface area is 78.8 Å². The molecule has 0 aromatic rings. The fourth-order valence-electron chi connectivity index (χ4n) is 0.680. The Kier molecular flexibility index (Phi) is 4.84. The van der Waals surface area contributed by atoms with Crippen LogP contribution in [0.3, 0.4) is 0 Å². The van der Waals surface area contributed by atoms with Crippen molar-refractivity contribution in [3.8, 4) is 0 Å². The van der Waals surface area contributed by atoms with Crippen LogP contribution in [0.5, 0.6) is 0 Å². The van der Waals surface area contributed by atoms with Crippen molar-refractivity contribution in [3.63, 3.8) is 0 Å². The third-order valence-electron chi connectivity index (χ3n) is 1.62. The lowest BCUT2D eigenvalue weighted by Crippen LogP contribution is -2.26. The lowest BCUT2D eigenvalue weighted by Gasteiger charge is -2.13. The van der Waals surface area contributed by atoms with Crippen molar-refractivity contribution in [1.29, 1.82) is 0 Å². The van der Waals surface area contributed by atoms with Gasteiger partial charge in [-0.15, -0.1) is 0 Å². The molecule has 4 nitrogen and oxygen atoms in total. The summed E-state index contributed by atoms with van der Waals surface area (Å²) in [5, 5.41) is 4.02. The molecule has 4 heteroatoms. The van der Waals surface area contributed by atoms with Crippen LogP contribution in [-0.4, -0.2) is 32.2 Å². The number of carbonyl (C=O) groups is 1. The molecule has 0 rings (SSSR count). The van der Waals surface area contributed by atoms with Crippen molar-refractivity contribution in [3.05, 3.63) is 23.9 Å². The molecular weight excluding hydrogens is 168 g/mol. The predicted octanol–water partition coefficient (Wildman–Crippen LogP) is 0.686. The maximum absolute atomic E-state index is 11.4. The summed E-state index contributed by atoms with van der Waals surface area (Å²) < 4.78 is 0. The van der Waals surface area contributed by atoms with E-state index in [0.29, 0.717) is 5.57 Å². The molecule has 13 heavy (non-hydrogen) atoms. The number of hydroxylamine groups is 2. The van der Waals surface area contributed by atoms with E-state index in [0.717, 1.165) is 10.8 Å². The molecule has 0 radical (unpaired) electrons. The second kappa shape index (κ2) is 5.37. The Hall–Kier alpha value is -1.29. The molecule has 74 valence electrons. The minimum absolute atomic E-state index is 0.253. The second-order valence-corrected chi connectivity index (χ2v) is 2.59. The molecule has 0 saturated carbocycles. The second-order valence-electron chi connectivity index (χ2n) is 2.59. The van der Waals surface area contributed by atoms with E-state index in [2.05, 4.69) is 11.9 Å².